The number of benzene rings is 2. The molecule has 0 aliphatic heterocycles. The van der Waals surface area contributed by atoms with Gasteiger partial charge in [0.1, 0.15) is 0 Å². The maximum Gasteiger partial charge on any atom is 0.338 e. The highest BCUT2D eigenvalue weighted by Crippen LogP contribution is 2.28. The summed E-state index contributed by atoms with van der Waals surface area (Å²) in [4.78, 5) is 36.5. The lowest BCUT2D eigenvalue weighted by atomic mass is 10.1. The van der Waals surface area contributed by atoms with Crippen molar-refractivity contribution in [1.82, 2.24) is 4.90 Å². The third-order valence-electron chi connectivity index (χ3n) is 4.27. The van der Waals surface area contributed by atoms with Crippen LogP contribution in [-0.2, 0) is 16.1 Å². The van der Waals surface area contributed by atoms with E-state index in [0.29, 0.717) is 13.1 Å². The lowest BCUT2D eigenvalue weighted by molar-refractivity contribution is -0.385. The fourth-order valence-electron chi connectivity index (χ4n) is 2.73. The average Bonchev–Trinajstić information content (AvgIpc) is 2.72. The number of carbonyl (C=O) groups excluding carboxylic acids is 2. The molecule has 0 bridgehead atoms. The zero-order valence-corrected chi connectivity index (χ0v) is 16.7. The third kappa shape index (κ3) is 6.03. The van der Waals surface area contributed by atoms with E-state index in [0.717, 1.165) is 23.6 Å². The largest absolute Gasteiger partial charge is 0.477 e. The normalized spacial score (nSPS) is 10.3. The Morgan fingerprint density at radius 3 is 2.41 bits per heavy atom. The Kier molecular flexibility index (Phi) is 7.70. The summed E-state index contributed by atoms with van der Waals surface area (Å²) in [5.74, 6) is -1.05. The Morgan fingerprint density at radius 2 is 1.83 bits per heavy atom. The Labute approximate surface area is 169 Å². The van der Waals surface area contributed by atoms with E-state index in [4.69, 9.17) is 4.74 Å². The minimum absolute atomic E-state index is 0.0323. The lowest BCUT2D eigenvalue weighted by Gasteiger charge is -2.22. The molecule has 29 heavy (non-hydrogen) atoms. The zero-order valence-electron chi connectivity index (χ0n) is 16.7. The first-order valence-electron chi connectivity index (χ1n) is 9.18. The number of methoxy groups -OCH3 is 1. The fraction of sp³-hybridized carbons (Fsp3) is 0.333. The van der Waals surface area contributed by atoms with Crippen LogP contribution in [0.1, 0.15) is 34.8 Å². The number of esters is 1. The number of amides is 1. The maximum absolute atomic E-state index is 12.6. The third-order valence-corrected chi connectivity index (χ3v) is 4.27. The van der Waals surface area contributed by atoms with Gasteiger partial charge in [-0.05, 0) is 31.0 Å². The number of hydrogen-bond acceptors (Lipinski definition) is 6. The Balaban J connectivity index is 2.11. The van der Waals surface area contributed by atoms with Crippen molar-refractivity contribution >= 4 is 17.6 Å². The number of aryl methyl sites for hydroxylation is 1. The van der Waals surface area contributed by atoms with Crippen molar-refractivity contribution in [3.8, 4) is 5.75 Å². The van der Waals surface area contributed by atoms with Crippen LogP contribution in [0.25, 0.3) is 0 Å². The zero-order chi connectivity index (χ0) is 21.4. The van der Waals surface area contributed by atoms with E-state index < -0.39 is 16.6 Å². The fourth-order valence-corrected chi connectivity index (χ4v) is 2.73. The Bertz CT molecular complexity index is 879. The number of hydrogen-bond donors (Lipinski definition) is 0. The van der Waals surface area contributed by atoms with Crippen molar-refractivity contribution in [2.45, 2.75) is 26.8 Å². The molecule has 0 heterocycles. The summed E-state index contributed by atoms with van der Waals surface area (Å²) < 4.78 is 10.00. The monoisotopic (exact) mass is 400 g/mol. The standard InChI is InChI=1S/C21H24N2O6/c1-4-11-22(13-16-7-5-15(2)6-8-16)20(24)14-29-19-10-9-17(21(25)28-3)12-18(19)23(26)27/h5-10,12H,4,11,13-14H2,1-3H3. The minimum Gasteiger partial charge on any atom is -0.477 e. The summed E-state index contributed by atoms with van der Waals surface area (Å²) in [5, 5.41) is 11.3. The van der Waals surface area contributed by atoms with Crippen LogP contribution in [0.3, 0.4) is 0 Å². The summed E-state index contributed by atoms with van der Waals surface area (Å²) in [6.45, 7) is 4.58. The summed E-state index contributed by atoms with van der Waals surface area (Å²) in [7, 11) is 1.19. The van der Waals surface area contributed by atoms with Gasteiger partial charge in [0.05, 0.1) is 17.6 Å². The second-order valence-electron chi connectivity index (χ2n) is 6.52. The van der Waals surface area contributed by atoms with Gasteiger partial charge in [0.15, 0.2) is 12.4 Å². The molecule has 0 aromatic heterocycles. The highest BCUT2D eigenvalue weighted by Gasteiger charge is 2.21. The van der Waals surface area contributed by atoms with Crippen LogP contribution in [0, 0.1) is 17.0 Å². The predicted octanol–water partition coefficient (Wildman–Crippen LogP) is 3.51. The number of ether oxygens (including phenoxy) is 2. The molecule has 1 amide bonds. The number of nitrogens with zero attached hydrogens (tertiary/aromatic N) is 2. The SMILES string of the molecule is CCCN(Cc1ccc(C)cc1)C(=O)COc1ccc(C(=O)OC)cc1[N+](=O)[O-]. The van der Waals surface area contributed by atoms with Crippen LogP contribution in [0.5, 0.6) is 5.75 Å². The molecule has 0 spiro atoms. The van der Waals surface area contributed by atoms with E-state index in [1.807, 2.05) is 38.1 Å². The van der Waals surface area contributed by atoms with Crippen molar-refractivity contribution in [2.75, 3.05) is 20.3 Å². The van der Waals surface area contributed by atoms with E-state index in [2.05, 4.69) is 4.74 Å². The van der Waals surface area contributed by atoms with Gasteiger partial charge >= 0.3 is 11.7 Å². The molecule has 0 aliphatic rings. The first-order chi connectivity index (χ1) is 13.8. The van der Waals surface area contributed by atoms with Crippen LogP contribution < -0.4 is 4.74 Å². The lowest BCUT2D eigenvalue weighted by Crippen LogP contribution is -2.35. The van der Waals surface area contributed by atoms with E-state index in [-0.39, 0.29) is 23.8 Å². The molecule has 0 atom stereocenters. The van der Waals surface area contributed by atoms with Crippen molar-refractivity contribution in [3.63, 3.8) is 0 Å². The quantitative estimate of drug-likeness (QED) is 0.363. The number of carbonyl (C=O) groups is 2. The van der Waals surface area contributed by atoms with Crippen molar-refractivity contribution in [1.29, 1.82) is 0 Å². The molecule has 0 saturated heterocycles. The topological polar surface area (TPSA) is 99.0 Å². The van der Waals surface area contributed by atoms with Crippen LogP contribution in [-0.4, -0.2) is 42.0 Å². The van der Waals surface area contributed by atoms with E-state index in [1.165, 1.54) is 19.2 Å². The first-order valence-corrected chi connectivity index (χ1v) is 9.18. The van der Waals surface area contributed by atoms with E-state index in [9.17, 15) is 19.7 Å². The first kappa shape index (κ1) is 21.9. The summed E-state index contributed by atoms with van der Waals surface area (Å²) >= 11 is 0. The van der Waals surface area contributed by atoms with E-state index >= 15 is 0 Å². The van der Waals surface area contributed by atoms with Crippen molar-refractivity contribution in [3.05, 3.63) is 69.3 Å². The second kappa shape index (κ2) is 10.2. The molecule has 2 aromatic carbocycles. The van der Waals surface area contributed by atoms with Gasteiger partial charge in [0.2, 0.25) is 0 Å². The maximum atomic E-state index is 12.6. The summed E-state index contributed by atoms with van der Waals surface area (Å²) in [6.07, 6.45) is 0.769. The highest BCUT2D eigenvalue weighted by atomic mass is 16.6. The van der Waals surface area contributed by atoms with Gasteiger partial charge in [-0.2, -0.15) is 0 Å². The average molecular weight is 400 g/mol. The highest BCUT2D eigenvalue weighted by molar-refractivity contribution is 5.90. The minimum atomic E-state index is -0.692. The molecular weight excluding hydrogens is 376 g/mol. The van der Waals surface area contributed by atoms with Gasteiger partial charge in [0, 0.05) is 19.2 Å². The summed E-state index contributed by atoms with van der Waals surface area (Å²) in [6, 6.07) is 11.6. The molecule has 154 valence electrons. The van der Waals surface area contributed by atoms with Crippen LogP contribution in [0.15, 0.2) is 42.5 Å². The smallest absolute Gasteiger partial charge is 0.338 e. The molecule has 0 radical (unpaired) electrons. The molecule has 2 aromatic rings. The Hall–Kier alpha value is -3.42. The number of rotatable bonds is 9. The predicted molar refractivity (Wildman–Crippen MR) is 107 cm³/mol. The number of nitro benzene ring substituents is 1. The molecule has 0 N–H and O–H groups in total. The molecular formula is C21H24N2O6. The van der Waals surface area contributed by atoms with Crippen LogP contribution >= 0.6 is 0 Å². The van der Waals surface area contributed by atoms with Gasteiger partial charge < -0.3 is 14.4 Å². The molecule has 0 fully saturated rings. The van der Waals surface area contributed by atoms with Gasteiger partial charge in [-0.25, -0.2) is 4.79 Å². The molecule has 0 aliphatic carbocycles. The molecule has 8 nitrogen and oxygen atoms in total. The summed E-state index contributed by atoms with van der Waals surface area (Å²) in [5.41, 5.74) is 1.75. The molecule has 0 unspecified atom stereocenters. The van der Waals surface area contributed by atoms with Gasteiger partial charge in [-0.15, -0.1) is 0 Å². The number of nitro groups is 1. The van der Waals surface area contributed by atoms with Gasteiger partial charge in [-0.1, -0.05) is 36.8 Å². The molecule has 8 heteroatoms. The molecule has 2 rings (SSSR count). The van der Waals surface area contributed by atoms with Crippen LogP contribution in [0.4, 0.5) is 5.69 Å². The van der Waals surface area contributed by atoms with Crippen molar-refractivity contribution in [2.24, 2.45) is 0 Å². The molecule has 0 saturated carbocycles. The Morgan fingerprint density at radius 1 is 1.14 bits per heavy atom. The van der Waals surface area contributed by atoms with Gasteiger partial charge in [-0.3, -0.25) is 14.9 Å². The van der Waals surface area contributed by atoms with Crippen molar-refractivity contribution < 1.29 is 24.0 Å². The van der Waals surface area contributed by atoms with Gasteiger partial charge in [0.25, 0.3) is 5.91 Å². The van der Waals surface area contributed by atoms with Crippen LogP contribution in [0.2, 0.25) is 0 Å². The second-order valence-corrected chi connectivity index (χ2v) is 6.52. The van der Waals surface area contributed by atoms with E-state index in [1.54, 1.807) is 4.90 Å².